The summed E-state index contributed by atoms with van der Waals surface area (Å²) in [4.78, 5) is 16.6. The fraction of sp³-hybridized carbons (Fsp3) is 0.286. The molecule has 2 heterocycles. The molecule has 0 atom stereocenters. The Morgan fingerprint density at radius 2 is 1.97 bits per heavy atom. The van der Waals surface area contributed by atoms with Crippen molar-refractivity contribution in [3.05, 3.63) is 64.2 Å². The second-order valence-electron chi connectivity index (χ2n) is 7.00. The molecule has 0 spiro atoms. The molecule has 1 aliphatic heterocycles. The Morgan fingerprint density at radius 1 is 1.19 bits per heavy atom. The molecule has 2 aromatic carbocycles. The van der Waals surface area contributed by atoms with E-state index in [0.29, 0.717) is 18.8 Å². The quantitative estimate of drug-likeness (QED) is 0.423. The van der Waals surface area contributed by atoms with Crippen LogP contribution in [-0.2, 0) is 6.54 Å². The van der Waals surface area contributed by atoms with Gasteiger partial charge >= 0.3 is 12.5 Å². The van der Waals surface area contributed by atoms with Crippen molar-refractivity contribution in [2.45, 2.75) is 13.0 Å². The van der Waals surface area contributed by atoms with Crippen molar-refractivity contribution < 1.29 is 22.4 Å². The van der Waals surface area contributed by atoms with E-state index in [1.54, 1.807) is 34.9 Å². The highest BCUT2D eigenvalue weighted by Gasteiger charge is 2.26. The van der Waals surface area contributed by atoms with Crippen LogP contribution in [0.2, 0.25) is 0 Å². The van der Waals surface area contributed by atoms with Crippen molar-refractivity contribution in [2.75, 3.05) is 29.5 Å². The molecule has 2 amide bonds. The van der Waals surface area contributed by atoms with Gasteiger partial charge in [-0.15, -0.1) is 10.2 Å². The van der Waals surface area contributed by atoms with Crippen molar-refractivity contribution in [1.29, 1.82) is 0 Å². The number of hydrogen-bond acceptors (Lipinski definition) is 5. The van der Waals surface area contributed by atoms with Gasteiger partial charge in [0.15, 0.2) is 0 Å². The van der Waals surface area contributed by atoms with Crippen LogP contribution in [0.5, 0.6) is 0 Å². The molecule has 1 aromatic heterocycles. The zero-order valence-corrected chi connectivity index (χ0v) is 19.1. The lowest BCUT2D eigenvalue weighted by Crippen LogP contribution is -2.46. The number of carbonyl (C=O) groups is 1. The first-order valence-corrected chi connectivity index (χ1v) is 11.7. The first-order valence-electron chi connectivity index (χ1n) is 9.72. The van der Waals surface area contributed by atoms with Gasteiger partial charge < -0.3 is 9.32 Å². The van der Waals surface area contributed by atoms with E-state index in [4.69, 9.17) is 4.42 Å². The minimum absolute atomic E-state index is 0.00282. The SMILES string of the molecule is O=C(N1CCSCC1)N(Cc1ccc(-c2nnc(C(F)F)o2)cc1F)c1cccc(Br)c1. The van der Waals surface area contributed by atoms with Crippen LogP contribution in [-0.4, -0.2) is 45.7 Å². The molecule has 0 bridgehead atoms. The molecule has 0 radical (unpaired) electrons. The Kier molecular flexibility index (Phi) is 7.04. The number of alkyl halides is 2. The van der Waals surface area contributed by atoms with E-state index < -0.39 is 18.1 Å². The molecule has 0 unspecified atom stereocenters. The summed E-state index contributed by atoms with van der Waals surface area (Å²) >= 11 is 5.21. The first kappa shape index (κ1) is 22.7. The fourth-order valence-electron chi connectivity index (χ4n) is 3.26. The van der Waals surface area contributed by atoms with Gasteiger partial charge in [-0.25, -0.2) is 9.18 Å². The molecule has 32 heavy (non-hydrogen) atoms. The summed E-state index contributed by atoms with van der Waals surface area (Å²) in [6.45, 7) is 1.25. The minimum atomic E-state index is -2.90. The lowest BCUT2D eigenvalue weighted by molar-refractivity contribution is 0.116. The van der Waals surface area contributed by atoms with Crippen LogP contribution in [0.25, 0.3) is 11.5 Å². The van der Waals surface area contributed by atoms with Crippen molar-refractivity contribution in [2.24, 2.45) is 0 Å². The van der Waals surface area contributed by atoms with Crippen LogP contribution in [0.3, 0.4) is 0 Å². The van der Waals surface area contributed by atoms with Gasteiger partial charge in [-0.05, 0) is 30.3 Å². The molecular formula is C21H18BrF3N4O2S. The Bertz CT molecular complexity index is 1110. The number of anilines is 1. The largest absolute Gasteiger partial charge is 0.415 e. The van der Waals surface area contributed by atoms with Crippen molar-refractivity contribution in [3.63, 3.8) is 0 Å². The molecule has 4 rings (SSSR count). The summed E-state index contributed by atoms with van der Waals surface area (Å²) in [6, 6.07) is 11.2. The molecule has 0 saturated carbocycles. The van der Waals surface area contributed by atoms with Gasteiger partial charge in [0, 0.05) is 45.9 Å². The van der Waals surface area contributed by atoms with E-state index in [1.165, 1.54) is 17.0 Å². The molecule has 0 aliphatic carbocycles. The van der Waals surface area contributed by atoms with Crippen LogP contribution < -0.4 is 4.90 Å². The molecule has 168 valence electrons. The predicted molar refractivity (Wildman–Crippen MR) is 119 cm³/mol. The third-order valence-electron chi connectivity index (χ3n) is 4.89. The second kappa shape index (κ2) is 9.95. The van der Waals surface area contributed by atoms with Crippen LogP contribution in [0.1, 0.15) is 17.9 Å². The van der Waals surface area contributed by atoms with E-state index >= 15 is 0 Å². The van der Waals surface area contributed by atoms with Gasteiger partial charge in [-0.3, -0.25) is 4.90 Å². The number of amides is 2. The summed E-state index contributed by atoms with van der Waals surface area (Å²) in [5.74, 6) is 0.0750. The lowest BCUT2D eigenvalue weighted by Gasteiger charge is -2.33. The molecular weight excluding hydrogens is 509 g/mol. The number of aromatic nitrogens is 2. The Hall–Kier alpha value is -2.53. The number of nitrogens with zero attached hydrogens (tertiary/aromatic N) is 4. The number of halogens is 4. The van der Waals surface area contributed by atoms with Crippen LogP contribution in [0, 0.1) is 5.82 Å². The second-order valence-corrected chi connectivity index (χ2v) is 9.14. The minimum Gasteiger partial charge on any atom is -0.415 e. The number of benzene rings is 2. The predicted octanol–water partition coefficient (Wildman–Crippen LogP) is 5.75. The molecule has 1 saturated heterocycles. The van der Waals surface area contributed by atoms with E-state index in [-0.39, 0.29) is 29.6 Å². The van der Waals surface area contributed by atoms with E-state index in [9.17, 15) is 18.0 Å². The topological polar surface area (TPSA) is 62.5 Å². The maximum absolute atomic E-state index is 15.0. The molecule has 0 N–H and O–H groups in total. The highest BCUT2D eigenvalue weighted by Crippen LogP contribution is 2.28. The van der Waals surface area contributed by atoms with Crippen molar-refractivity contribution in [3.8, 4) is 11.5 Å². The highest BCUT2D eigenvalue weighted by molar-refractivity contribution is 9.10. The van der Waals surface area contributed by atoms with Gasteiger partial charge in [0.05, 0.1) is 6.54 Å². The summed E-state index contributed by atoms with van der Waals surface area (Å²) < 4.78 is 46.0. The molecule has 1 fully saturated rings. The molecule has 6 nitrogen and oxygen atoms in total. The monoisotopic (exact) mass is 526 g/mol. The summed E-state index contributed by atoms with van der Waals surface area (Å²) in [5, 5.41) is 6.81. The van der Waals surface area contributed by atoms with Crippen molar-refractivity contribution >= 4 is 39.4 Å². The summed E-state index contributed by atoms with van der Waals surface area (Å²) in [5.41, 5.74) is 1.07. The van der Waals surface area contributed by atoms with Gasteiger partial charge in [-0.1, -0.05) is 28.1 Å². The third kappa shape index (κ3) is 5.09. The molecule has 3 aromatic rings. The zero-order valence-electron chi connectivity index (χ0n) is 16.7. The Labute approximate surface area is 194 Å². The maximum atomic E-state index is 15.0. The highest BCUT2D eigenvalue weighted by atomic mass is 79.9. The van der Waals surface area contributed by atoms with E-state index in [0.717, 1.165) is 22.0 Å². The van der Waals surface area contributed by atoms with E-state index in [2.05, 4.69) is 26.1 Å². The lowest BCUT2D eigenvalue weighted by atomic mass is 10.1. The Morgan fingerprint density at radius 3 is 2.62 bits per heavy atom. The van der Waals surface area contributed by atoms with Gasteiger partial charge in [0.1, 0.15) is 5.82 Å². The molecule has 11 heteroatoms. The molecule has 1 aliphatic rings. The number of thioether (sulfide) groups is 1. The summed E-state index contributed by atoms with van der Waals surface area (Å²) in [7, 11) is 0. The van der Waals surface area contributed by atoms with Crippen LogP contribution >= 0.6 is 27.7 Å². The average molecular weight is 527 g/mol. The standard InChI is InChI=1S/C21H18BrF3N4O2S/c22-15-2-1-3-16(11-15)29(21(30)28-6-8-32-9-7-28)12-14-5-4-13(10-17(14)23)19-26-27-20(31-19)18(24)25/h1-5,10-11,18H,6-9,12H2. The smallest absolute Gasteiger partial charge is 0.324 e. The van der Waals surface area contributed by atoms with E-state index in [1.807, 2.05) is 6.07 Å². The van der Waals surface area contributed by atoms with Gasteiger partial charge in [0.2, 0.25) is 5.89 Å². The normalized spacial score (nSPS) is 14.1. The summed E-state index contributed by atoms with van der Waals surface area (Å²) in [6.07, 6.45) is -2.90. The third-order valence-corrected chi connectivity index (χ3v) is 6.32. The van der Waals surface area contributed by atoms with Gasteiger partial charge in [0.25, 0.3) is 5.89 Å². The van der Waals surface area contributed by atoms with Crippen LogP contribution in [0.4, 0.5) is 23.7 Å². The fourth-order valence-corrected chi connectivity index (χ4v) is 4.55. The number of carbonyl (C=O) groups excluding carboxylic acids is 1. The van der Waals surface area contributed by atoms with Crippen molar-refractivity contribution in [1.82, 2.24) is 15.1 Å². The maximum Gasteiger partial charge on any atom is 0.324 e. The number of rotatable bonds is 5. The number of hydrogen-bond donors (Lipinski definition) is 0. The van der Waals surface area contributed by atoms with Gasteiger partial charge in [-0.2, -0.15) is 20.5 Å². The number of urea groups is 1. The zero-order chi connectivity index (χ0) is 22.7. The average Bonchev–Trinajstić information content (AvgIpc) is 3.29. The van der Waals surface area contributed by atoms with Crippen LogP contribution in [0.15, 0.2) is 51.4 Å². The Balaban J connectivity index is 1.61. The first-order chi connectivity index (χ1) is 15.4.